The first-order chi connectivity index (χ1) is 25.9. The predicted molar refractivity (Wildman–Crippen MR) is 211 cm³/mol. The smallest absolute Gasteiger partial charge is 0.194 e. The molecule has 7 aromatic rings. The van der Waals surface area contributed by atoms with Gasteiger partial charge in [0.25, 0.3) is 0 Å². The SMILES string of the molecule is COc1ccc(C2(c3cc(-c4ccccc4)nc(-c4ccccc4)n3)C=Cc3c4c(c5cc(OC)c(OC)cc5c3O2)-c2ccccc2C4(C)C)cc1. The Morgan fingerprint density at radius 3 is 1.94 bits per heavy atom. The molecule has 0 spiro atoms. The quantitative estimate of drug-likeness (QED) is 0.166. The van der Waals surface area contributed by atoms with Gasteiger partial charge in [-0.05, 0) is 64.0 Å². The molecule has 0 saturated carbocycles. The van der Waals surface area contributed by atoms with Gasteiger partial charge in [0.1, 0.15) is 11.5 Å². The highest BCUT2D eigenvalue weighted by molar-refractivity contribution is 6.09. The van der Waals surface area contributed by atoms with Crippen LogP contribution in [0.1, 0.15) is 41.8 Å². The highest BCUT2D eigenvalue weighted by Crippen LogP contribution is 2.59. The minimum absolute atomic E-state index is 0.305. The number of benzene rings is 6. The normalized spacial score (nSPS) is 16.3. The third-order valence-electron chi connectivity index (χ3n) is 10.8. The average Bonchev–Trinajstić information content (AvgIpc) is 3.47. The van der Waals surface area contributed by atoms with Crippen molar-refractivity contribution in [3.8, 4) is 56.8 Å². The van der Waals surface area contributed by atoms with Gasteiger partial charge >= 0.3 is 0 Å². The van der Waals surface area contributed by atoms with Crippen LogP contribution in [-0.2, 0) is 11.0 Å². The number of ether oxygens (including phenoxy) is 4. The number of methoxy groups -OCH3 is 3. The van der Waals surface area contributed by atoms with Crippen LogP contribution in [0.3, 0.4) is 0 Å². The second-order valence-electron chi connectivity index (χ2n) is 14.0. The van der Waals surface area contributed by atoms with Gasteiger partial charge in [-0.1, -0.05) is 117 Å². The monoisotopic (exact) mass is 694 g/mol. The van der Waals surface area contributed by atoms with Crippen molar-refractivity contribution in [2.45, 2.75) is 24.9 Å². The number of nitrogens with zero attached hydrogens (tertiary/aromatic N) is 2. The molecule has 1 aliphatic carbocycles. The molecule has 2 heterocycles. The molecule has 0 radical (unpaired) electrons. The summed E-state index contributed by atoms with van der Waals surface area (Å²) in [6.07, 6.45) is 4.40. The van der Waals surface area contributed by atoms with Crippen LogP contribution in [-0.4, -0.2) is 31.3 Å². The van der Waals surface area contributed by atoms with Gasteiger partial charge in [0, 0.05) is 33.1 Å². The van der Waals surface area contributed by atoms with Gasteiger partial charge in [-0.3, -0.25) is 0 Å². The fraction of sp³-hybridized carbons (Fsp3) is 0.149. The maximum atomic E-state index is 7.64. The van der Waals surface area contributed by atoms with Gasteiger partial charge in [-0.2, -0.15) is 0 Å². The average molecular weight is 695 g/mol. The van der Waals surface area contributed by atoms with Gasteiger partial charge in [-0.15, -0.1) is 0 Å². The van der Waals surface area contributed by atoms with Gasteiger partial charge in [0.15, 0.2) is 22.9 Å². The summed E-state index contributed by atoms with van der Waals surface area (Å²) in [4.78, 5) is 10.4. The fourth-order valence-electron chi connectivity index (χ4n) is 8.17. The van der Waals surface area contributed by atoms with E-state index in [1.54, 1.807) is 21.3 Å². The van der Waals surface area contributed by atoms with Crippen molar-refractivity contribution in [1.82, 2.24) is 9.97 Å². The number of rotatable bonds is 7. The van der Waals surface area contributed by atoms with Crippen molar-refractivity contribution in [3.05, 3.63) is 161 Å². The maximum absolute atomic E-state index is 7.64. The molecule has 0 saturated heterocycles. The summed E-state index contributed by atoms with van der Waals surface area (Å²) in [5, 5.41) is 1.96. The first-order valence-electron chi connectivity index (χ1n) is 17.8. The molecule has 0 fully saturated rings. The molecule has 1 unspecified atom stereocenters. The predicted octanol–water partition coefficient (Wildman–Crippen LogP) is 10.6. The van der Waals surface area contributed by atoms with Crippen molar-refractivity contribution in [2.75, 3.05) is 21.3 Å². The van der Waals surface area contributed by atoms with Crippen molar-refractivity contribution < 1.29 is 18.9 Å². The molecule has 0 N–H and O–H groups in total. The summed E-state index contributed by atoms with van der Waals surface area (Å²) in [5.74, 6) is 3.40. The molecular formula is C47H38N2O4. The summed E-state index contributed by atoms with van der Waals surface area (Å²) < 4.78 is 25.0. The lowest BCUT2D eigenvalue weighted by Gasteiger charge is -2.38. The Morgan fingerprint density at radius 1 is 0.623 bits per heavy atom. The molecule has 53 heavy (non-hydrogen) atoms. The maximum Gasteiger partial charge on any atom is 0.194 e. The second kappa shape index (κ2) is 12.4. The highest BCUT2D eigenvalue weighted by atomic mass is 16.5. The van der Waals surface area contributed by atoms with Gasteiger partial charge in [-0.25, -0.2) is 9.97 Å². The second-order valence-corrected chi connectivity index (χ2v) is 14.0. The van der Waals surface area contributed by atoms with E-state index in [2.05, 4.69) is 86.7 Å². The lowest BCUT2D eigenvalue weighted by atomic mass is 9.77. The van der Waals surface area contributed by atoms with Gasteiger partial charge in [0.2, 0.25) is 0 Å². The number of aromatic nitrogens is 2. The van der Waals surface area contributed by atoms with Crippen LogP contribution in [0, 0.1) is 0 Å². The van der Waals surface area contributed by atoms with Crippen LogP contribution in [0.4, 0.5) is 0 Å². The van der Waals surface area contributed by atoms with E-state index in [1.807, 2.05) is 66.7 Å². The molecule has 2 aliphatic rings. The largest absolute Gasteiger partial charge is 0.497 e. The Labute approximate surface area is 309 Å². The summed E-state index contributed by atoms with van der Waals surface area (Å²) in [6.45, 7) is 4.60. The van der Waals surface area contributed by atoms with Crippen LogP contribution in [0.25, 0.3) is 50.6 Å². The Balaban J connectivity index is 1.37. The molecule has 9 rings (SSSR count). The summed E-state index contributed by atoms with van der Waals surface area (Å²) in [6, 6.07) is 43.2. The van der Waals surface area contributed by atoms with Crippen LogP contribution in [0.2, 0.25) is 0 Å². The summed E-state index contributed by atoms with van der Waals surface area (Å²) in [7, 11) is 5.02. The van der Waals surface area contributed by atoms with E-state index in [9.17, 15) is 0 Å². The zero-order valence-electron chi connectivity index (χ0n) is 30.3. The van der Waals surface area contributed by atoms with Crippen molar-refractivity contribution >= 4 is 16.8 Å². The van der Waals surface area contributed by atoms with Crippen molar-refractivity contribution in [3.63, 3.8) is 0 Å². The van der Waals surface area contributed by atoms with Gasteiger partial charge in [0.05, 0.1) is 32.7 Å². The molecular weight excluding hydrogens is 657 g/mol. The Morgan fingerprint density at radius 2 is 1.26 bits per heavy atom. The van der Waals surface area contributed by atoms with Crippen LogP contribution in [0.15, 0.2) is 133 Å². The van der Waals surface area contributed by atoms with E-state index >= 15 is 0 Å². The van der Waals surface area contributed by atoms with Crippen LogP contribution >= 0.6 is 0 Å². The number of hydrogen-bond donors (Lipinski definition) is 0. The van der Waals surface area contributed by atoms with E-state index in [4.69, 9.17) is 28.9 Å². The minimum Gasteiger partial charge on any atom is -0.497 e. The standard InChI is InChI=1S/C47H38N2O4/c1-46(2)37-19-13-12-18-33(37)42-35-26-39(51-4)40(52-5)27-36(35)44-34(43(42)46)24-25-47(53-44,31-20-22-32(50-3)23-21-31)41-28-38(29-14-8-6-9-15-29)48-45(49-41)30-16-10-7-11-17-30/h6-28H,1-5H3. The fourth-order valence-corrected chi connectivity index (χ4v) is 8.17. The number of fused-ring (bicyclic) bond motifs is 8. The number of hydrogen-bond acceptors (Lipinski definition) is 6. The zero-order chi connectivity index (χ0) is 36.3. The Hall–Kier alpha value is -6.40. The van der Waals surface area contributed by atoms with Crippen molar-refractivity contribution in [1.29, 1.82) is 0 Å². The molecule has 1 aliphatic heterocycles. The van der Waals surface area contributed by atoms with E-state index in [1.165, 1.54) is 22.3 Å². The molecule has 6 aromatic carbocycles. The topological polar surface area (TPSA) is 62.7 Å². The minimum atomic E-state index is -1.15. The highest BCUT2D eigenvalue weighted by Gasteiger charge is 2.45. The Kier molecular flexibility index (Phi) is 7.59. The third-order valence-corrected chi connectivity index (χ3v) is 10.8. The zero-order valence-corrected chi connectivity index (χ0v) is 30.3. The molecule has 1 aromatic heterocycles. The lowest BCUT2D eigenvalue weighted by Crippen LogP contribution is -2.36. The lowest BCUT2D eigenvalue weighted by molar-refractivity contribution is 0.158. The van der Waals surface area contributed by atoms with E-state index < -0.39 is 5.60 Å². The van der Waals surface area contributed by atoms with Crippen molar-refractivity contribution in [2.24, 2.45) is 0 Å². The van der Waals surface area contributed by atoms with E-state index in [0.717, 1.165) is 50.2 Å². The molecule has 0 bridgehead atoms. The molecule has 6 heteroatoms. The van der Waals surface area contributed by atoms with Crippen LogP contribution < -0.4 is 18.9 Å². The molecule has 6 nitrogen and oxygen atoms in total. The molecule has 1 atom stereocenters. The third kappa shape index (κ3) is 5.01. The molecule has 260 valence electrons. The first-order valence-corrected chi connectivity index (χ1v) is 17.8. The molecule has 0 amide bonds. The van der Waals surface area contributed by atoms with Crippen LogP contribution in [0.5, 0.6) is 23.0 Å². The summed E-state index contributed by atoms with van der Waals surface area (Å²) >= 11 is 0. The first kappa shape index (κ1) is 32.5. The van der Waals surface area contributed by atoms with E-state index in [-0.39, 0.29) is 5.41 Å². The Bertz CT molecular complexity index is 2500. The summed E-state index contributed by atoms with van der Waals surface area (Å²) in [5.41, 5.74) is 8.75. The van der Waals surface area contributed by atoms with E-state index in [0.29, 0.717) is 23.0 Å². The van der Waals surface area contributed by atoms with Gasteiger partial charge < -0.3 is 18.9 Å².